The maximum Gasteiger partial charge on any atom is 0.330 e. The quantitative estimate of drug-likeness (QED) is 0.0552. The lowest BCUT2D eigenvalue weighted by Gasteiger charge is -2.36. The summed E-state index contributed by atoms with van der Waals surface area (Å²) in [6.07, 6.45) is 6.31. The average Bonchev–Trinajstić information content (AvgIpc) is 3.00. The fraction of sp³-hybridized carbons (Fsp3) is 0.367. The van der Waals surface area contributed by atoms with Crippen molar-refractivity contribution in [2.24, 2.45) is 10.8 Å². The lowest BCUT2D eigenvalue weighted by Crippen LogP contribution is -2.45. The van der Waals surface area contributed by atoms with E-state index in [2.05, 4.69) is 46.1 Å². The first-order valence-corrected chi connectivity index (χ1v) is 12.3. The molecule has 0 unspecified atom stereocenters. The number of carbonyl (C=O) groups is 5. The molecule has 0 aliphatic heterocycles. The minimum atomic E-state index is -1.29. The summed E-state index contributed by atoms with van der Waals surface area (Å²) in [6, 6.07) is 0. The zero-order chi connectivity index (χ0) is 31.3. The monoisotopic (exact) mass is 574 g/mol. The number of hydrogen-bond acceptors (Lipinski definition) is 11. The van der Waals surface area contributed by atoms with Gasteiger partial charge in [0.2, 0.25) is 0 Å². The van der Waals surface area contributed by atoms with Crippen LogP contribution in [0.1, 0.15) is 12.8 Å². The highest BCUT2D eigenvalue weighted by atomic mass is 16.6. The zero-order valence-electron chi connectivity index (χ0n) is 23.3. The van der Waals surface area contributed by atoms with E-state index >= 15 is 0 Å². The summed E-state index contributed by atoms with van der Waals surface area (Å²) in [4.78, 5) is 59.6. The topological polar surface area (TPSA) is 141 Å². The van der Waals surface area contributed by atoms with Crippen molar-refractivity contribution in [1.82, 2.24) is 0 Å². The molecule has 0 N–H and O–H groups in total. The molecule has 0 amide bonds. The van der Waals surface area contributed by atoms with Gasteiger partial charge in [-0.1, -0.05) is 46.1 Å². The standard InChI is InChI=1S/C30H38O11/c1-8-23(7)37-20-30(21-40-27(34)12-5,22-41-28(35)13-6)17-36-16-29(15-14-24(31)9-2,18-38-25(32)10-3)19-39-26(33)11-4/h8-13H,1-7,14-22H2. The molecule has 0 atom stereocenters. The highest BCUT2D eigenvalue weighted by Crippen LogP contribution is 2.29. The normalized spacial score (nSPS) is 10.6. The van der Waals surface area contributed by atoms with Crippen LogP contribution in [-0.4, -0.2) is 75.9 Å². The third-order valence-electron chi connectivity index (χ3n) is 5.49. The molecule has 0 aromatic heterocycles. The van der Waals surface area contributed by atoms with Crippen LogP contribution in [0.4, 0.5) is 0 Å². The summed E-state index contributed by atoms with van der Waals surface area (Å²) in [7, 11) is 0. The van der Waals surface area contributed by atoms with Gasteiger partial charge >= 0.3 is 23.9 Å². The molecule has 0 saturated heterocycles. The van der Waals surface area contributed by atoms with Gasteiger partial charge in [-0.3, -0.25) is 4.79 Å². The van der Waals surface area contributed by atoms with Crippen LogP contribution in [0.15, 0.2) is 88.3 Å². The van der Waals surface area contributed by atoms with Gasteiger partial charge in [0.05, 0.1) is 24.0 Å². The van der Waals surface area contributed by atoms with Crippen molar-refractivity contribution < 1.29 is 52.4 Å². The van der Waals surface area contributed by atoms with Crippen LogP contribution in [0.25, 0.3) is 0 Å². The van der Waals surface area contributed by atoms with Gasteiger partial charge in [-0.05, 0) is 18.6 Å². The molecule has 224 valence electrons. The molecule has 0 heterocycles. The SMILES string of the molecule is C=CC(=C)OCC(COCC(CCC(=O)C=C)(COC(=O)C=C)COC(=O)C=C)(COC(=O)C=C)COC(=O)C=C. The van der Waals surface area contributed by atoms with Crippen LogP contribution >= 0.6 is 0 Å². The third-order valence-corrected chi connectivity index (χ3v) is 5.49. The number of ketones is 1. The molecule has 0 radical (unpaired) electrons. The van der Waals surface area contributed by atoms with E-state index in [0.29, 0.717) is 0 Å². The Morgan fingerprint density at radius 1 is 0.488 bits per heavy atom. The molecule has 0 aromatic carbocycles. The predicted molar refractivity (Wildman–Crippen MR) is 150 cm³/mol. The van der Waals surface area contributed by atoms with Crippen LogP contribution in [0, 0.1) is 10.8 Å². The largest absolute Gasteiger partial charge is 0.493 e. The number of ether oxygens (including phenoxy) is 6. The Bertz CT molecular complexity index is 822. The first-order chi connectivity index (χ1) is 19.4. The Morgan fingerprint density at radius 3 is 1.22 bits per heavy atom. The Hall–Kier alpha value is -4.51. The molecule has 0 aromatic rings. The van der Waals surface area contributed by atoms with Gasteiger partial charge in [0.1, 0.15) is 38.8 Å². The molecule has 0 bridgehead atoms. The summed E-state index contributed by atoms with van der Waals surface area (Å²) in [5, 5.41) is 0. The number of hydrogen-bond donors (Lipinski definition) is 0. The maximum absolute atomic E-state index is 12.1. The second kappa shape index (κ2) is 19.5. The molecule has 11 heteroatoms. The van der Waals surface area contributed by atoms with Crippen LogP contribution in [0.5, 0.6) is 0 Å². The second-order valence-electron chi connectivity index (χ2n) is 8.87. The molecule has 0 spiro atoms. The van der Waals surface area contributed by atoms with E-state index in [-0.39, 0.29) is 70.6 Å². The van der Waals surface area contributed by atoms with E-state index in [1.54, 1.807) is 0 Å². The first kappa shape index (κ1) is 36.5. The molecule has 41 heavy (non-hydrogen) atoms. The fourth-order valence-electron chi connectivity index (χ4n) is 3.00. The summed E-state index contributed by atoms with van der Waals surface area (Å²) >= 11 is 0. The molecule has 0 saturated carbocycles. The lowest BCUT2D eigenvalue weighted by atomic mass is 9.84. The molecule has 0 aliphatic carbocycles. The Morgan fingerprint density at radius 2 is 0.854 bits per heavy atom. The number of esters is 4. The van der Waals surface area contributed by atoms with Crippen molar-refractivity contribution in [3.63, 3.8) is 0 Å². The summed E-state index contributed by atoms with van der Waals surface area (Å²) in [6.45, 7) is 22.1. The second-order valence-corrected chi connectivity index (χ2v) is 8.87. The van der Waals surface area contributed by atoms with Crippen LogP contribution < -0.4 is 0 Å². The molecule has 0 rings (SSSR count). The van der Waals surface area contributed by atoms with Crippen LogP contribution in [0.3, 0.4) is 0 Å². The van der Waals surface area contributed by atoms with Gasteiger partial charge in [-0.25, -0.2) is 19.2 Å². The van der Waals surface area contributed by atoms with E-state index in [0.717, 1.165) is 30.4 Å². The molecular weight excluding hydrogens is 536 g/mol. The van der Waals surface area contributed by atoms with Crippen molar-refractivity contribution in [2.75, 3.05) is 46.2 Å². The van der Waals surface area contributed by atoms with Gasteiger partial charge in [0.25, 0.3) is 0 Å². The average molecular weight is 575 g/mol. The first-order valence-electron chi connectivity index (χ1n) is 12.3. The van der Waals surface area contributed by atoms with Crippen LogP contribution in [-0.2, 0) is 52.4 Å². The minimum Gasteiger partial charge on any atom is -0.493 e. The van der Waals surface area contributed by atoms with Gasteiger partial charge in [-0.15, -0.1) is 0 Å². The smallest absolute Gasteiger partial charge is 0.330 e. The van der Waals surface area contributed by atoms with E-state index in [9.17, 15) is 24.0 Å². The Labute approximate surface area is 240 Å². The number of rotatable bonds is 24. The fourth-order valence-corrected chi connectivity index (χ4v) is 3.00. The van der Waals surface area contributed by atoms with Gasteiger partial charge in [-0.2, -0.15) is 0 Å². The maximum atomic E-state index is 12.1. The Kier molecular flexibility index (Phi) is 17.4. The molecule has 11 nitrogen and oxygen atoms in total. The van der Waals surface area contributed by atoms with Gasteiger partial charge < -0.3 is 28.4 Å². The minimum absolute atomic E-state index is 0.0363. The van der Waals surface area contributed by atoms with Gasteiger partial charge in [0.15, 0.2) is 5.78 Å². The van der Waals surface area contributed by atoms with E-state index < -0.39 is 34.7 Å². The molecular formula is C30H38O11. The van der Waals surface area contributed by atoms with E-state index in [4.69, 9.17) is 28.4 Å². The highest BCUT2D eigenvalue weighted by Gasteiger charge is 2.39. The highest BCUT2D eigenvalue weighted by molar-refractivity contribution is 5.89. The van der Waals surface area contributed by atoms with Crippen molar-refractivity contribution in [2.45, 2.75) is 12.8 Å². The third kappa shape index (κ3) is 15.0. The lowest BCUT2D eigenvalue weighted by molar-refractivity contribution is -0.161. The summed E-state index contributed by atoms with van der Waals surface area (Å²) < 4.78 is 32.6. The molecule has 0 aliphatic rings. The van der Waals surface area contributed by atoms with Crippen molar-refractivity contribution in [3.8, 4) is 0 Å². The van der Waals surface area contributed by atoms with Gasteiger partial charge in [0, 0.05) is 30.7 Å². The molecule has 0 fully saturated rings. The Balaban J connectivity index is 6.30. The summed E-state index contributed by atoms with van der Waals surface area (Å²) in [5.74, 6) is -3.13. The van der Waals surface area contributed by atoms with Crippen molar-refractivity contribution in [1.29, 1.82) is 0 Å². The predicted octanol–water partition coefficient (Wildman–Crippen LogP) is 3.14. The van der Waals surface area contributed by atoms with Crippen molar-refractivity contribution in [3.05, 3.63) is 88.3 Å². The number of carbonyl (C=O) groups excluding carboxylic acids is 5. The van der Waals surface area contributed by atoms with E-state index in [1.165, 1.54) is 6.08 Å². The van der Waals surface area contributed by atoms with Crippen molar-refractivity contribution >= 4 is 29.7 Å². The van der Waals surface area contributed by atoms with Crippen LogP contribution in [0.2, 0.25) is 0 Å². The summed E-state index contributed by atoms with van der Waals surface area (Å²) in [5.41, 5.74) is -2.51. The number of allylic oxidation sites excluding steroid dienone is 2. The zero-order valence-corrected chi connectivity index (χ0v) is 23.3. The van der Waals surface area contributed by atoms with E-state index in [1.807, 2.05) is 0 Å².